The third-order valence-corrected chi connectivity index (χ3v) is 2.58. The molecule has 2 aromatic rings. The van der Waals surface area contributed by atoms with Crippen LogP contribution in [0, 0.1) is 0 Å². The summed E-state index contributed by atoms with van der Waals surface area (Å²) in [6.07, 6.45) is 6.93. The molecule has 0 amide bonds. The molecule has 0 fully saturated rings. The molecule has 0 aliphatic heterocycles. The number of imidazole rings is 1. The lowest BCUT2D eigenvalue weighted by Crippen LogP contribution is -2.15. The van der Waals surface area contributed by atoms with Gasteiger partial charge in [0.2, 0.25) is 0 Å². The van der Waals surface area contributed by atoms with Crippen molar-refractivity contribution < 1.29 is 4.74 Å². The molecule has 5 heteroatoms. The van der Waals surface area contributed by atoms with Crippen molar-refractivity contribution in [2.75, 3.05) is 6.61 Å². The van der Waals surface area contributed by atoms with Crippen LogP contribution in [-0.2, 0) is 7.05 Å². The summed E-state index contributed by atoms with van der Waals surface area (Å²) in [5.74, 6) is 0.739. The third kappa shape index (κ3) is 2.45. The highest BCUT2D eigenvalue weighted by Gasteiger charge is 2.13. The largest absolute Gasteiger partial charge is 0.492 e. The Morgan fingerprint density at radius 1 is 1.35 bits per heavy atom. The molecule has 0 spiro atoms. The molecule has 1 atom stereocenters. The van der Waals surface area contributed by atoms with E-state index in [1.165, 1.54) is 0 Å². The molecule has 2 N–H and O–H groups in total. The molecule has 2 heterocycles. The quantitative estimate of drug-likeness (QED) is 0.861. The molecule has 0 radical (unpaired) electrons. The van der Waals surface area contributed by atoms with Gasteiger partial charge in [0.25, 0.3) is 0 Å². The first-order valence-corrected chi connectivity index (χ1v) is 5.52. The normalized spacial score (nSPS) is 12.4. The van der Waals surface area contributed by atoms with E-state index >= 15 is 0 Å². The molecular formula is C12H16N4O. The fraction of sp³-hybridized carbons (Fsp3) is 0.333. The summed E-state index contributed by atoms with van der Waals surface area (Å²) >= 11 is 0. The van der Waals surface area contributed by atoms with Gasteiger partial charge in [0.15, 0.2) is 0 Å². The highest BCUT2D eigenvalue weighted by atomic mass is 16.5. The van der Waals surface area contributed by atoms with Gasteiger partial charge in [-0.1, -0.05) is 0 Å². The predicted octanol–water partition coefficient (Wildman–Crippen LogP) is 1.26. The molecule has 0 saturated heterocycles. The summed E-state index contributed by atoms with van der Waals surface area (Å²) in [6, 6.07) is 1.67. The van der Waals surface area contributed by atoms with Crippen LogP contribution in [-0.4, -0.2) is 21.1 Å². The van der Waals surface area contributed by atoms with E-state index in [1.807, 2.05) is 24.6 Å². The Bertz CT molecular complexity index is 495. The van der Waals surface area contributed by atoms with Crippen molar-refractivity contribution in [3.8, 4) is 5.75 Å². The molecule has 2 rings (SSSR count). The molecule has 0 bridgehead atoms. The van der Waals surface area contributed by atoms with Gasteiger partial charge in [-0.2, -0.15) is 0 Å². The number of hydrogen-bond acceptors (Lipinski definition) is 4. The average molecular weight is 232 g/mol. The summed E-state index contributed by atoms with van der Waals surface area (Å²) in [5.41, 5.74) is 8.03. The molecule has 17 heavy (non-hydrogen) atoms. The standard InChI is InChI=1S/C12H16N4O/c1-3-17-10-4-9(5-14-6-10)12(13)11-7-15-8-16(11)2/h4-8,12H,3,13H2,1-2H3. The Labute approximate surface area is 100 Å². The Morgan fingerprint density at radius 3 is 2.82 bits per heavy atom. The van der Waals surface area contributed by atoms with E-state index in [1.54, 1.807) is 24.9 Å². The summed E-state index contributed by atoms with van der Waals surface area (Å²) in [4.78, 5) is 8.19. The topological polar surface area (TPSA) is 66.0 Å². The van der Waals surface area contributed by atoms with Crippen LogP contribution in [0.5, 0.6) is 5.75 Å². The van der Waals surface area contributed by atoms with E-state index in [-0.39, 0.29) is 6.04 Å². The lowest BCUT2D eigenvalue weighted by molar-refractivity contribution is 0.338. The second kappa shape index (κ2) is 4.97. The van der Waals surface area contributed by atoms with E-state index in [0.29, 0.717) is 6.61 Å². The first-order chi connectivity index (χ1) is 8.22. The van der Waals surface area contributed by atoms with Crippen molar-refractivity contribution in [1.29, 1.82) is 0 Å². The minimum absolute atomic E-state index is 0.240. The SMILES string of the molecule is CCOc1cncc(C(N)c2cncn2C)c1. The number of nitrogens with two attached hydrogens (primary N) is 1. The number of ether oxygens (including phenoxy) is 1. The fourth-order valence-corrected chi connectivity index (χ4v) is 1.69. The van der Waals surface area contributed by atoms with E-state index in [0.717, 1.165) is 17.0 Å². The van der Waals surface area contributed by atoms with E-state index in [9.17, 15) is 0 Å². The van der Waals surface area contributed by atoms with Crippen LogP contribution in [0.25, 0.3) is 0 Å². The van der Waals surface area contributed by atoms with Crippen LogP contribution in [0.15, 0.2) is 31.0 Å². The van der Waals surface area contributed by atoms with Crippen molar-refractivity contribution in [2.45, 2.75) is 13.0 Å². The van der Waals surface area contributed by atoms with Gasteiger partial charge < -0.3 is 15.0 Å². The van der Waals surface area contributed by atoms with Gasteiger partial charge in [0.1, 0.15) is 5.75 Å². The lowest BCUT2D eigenvalue weighted by atomic mass is 10.1. The predicted molar refractivity (Wildman–Crippen MR) is 64.6 cm³/mol. The number of nitrogens with zero attached hydrogens (tertiary/aromatic N) is 3. The summed E-state index contributed by atoms with van der Waals surface area (Å²) < 4.78 is 7.30. The van der Waals surface area contributed by atoms with Gasteiger partial charge in [-0.15, -0.1) is 0 Å². The van der Waals surface area contributed by atoms with Gasteiger partial charge in [-0.3, -0.25) is 4.98 Å². The molecular weight excluding hydrogens is 216 g/mol. The summed E-state index contributed by atoms with van der Waals surface area (Å²) in [5, 5.41) is 0. The molecule has 2 aromatic heterocycles. The highest BCUT2D eigenvalue weighted by Crippen LogP contribution is 2.21. The lowest BCUT2D eigenvalue weighted by Gasteiger charge is -2.13. The van der Waals surface area contributed by atoms with Gasteiger partial charge in [-0.25, -0.2) is 4.98 Å². The second-order valence-corrected chi connectivity index (χ2v) is 3.79. The maximum absolute atomic E-state index is 6.17. The van der Waals surface area contributed by atoms with Crippen LogP contribution in [0.3, 0.4) is 0 Å². The van der Waals surface area contributed by atoms with Crippen LogP contribution in [0.2, 0.25) is 0 Å². The van der Waals surface area contributed by atoms with Crippen LogP contribution in [0.4, 0.5) is 0 Å². The second-order valence-electron chi connectivity index (χ2n) is 3.79. The van der Waals surface area contributed by atoms with Gasteiger partial charge in [-0.05, 0) is 18.6 Å². The molecule has 90 valence electrons. The Kier molecular flexibility index (Phi) is 3.39. The number of pyridine rings is 1. The van der Waals surface area contributed by atoms with E-state index < -0.39 is 0 Å². The maximum Gasteiger partial charge on any atom is 0.137 e. The fourth-order valence-electron chi connectivity index (χ4n) is 1.69. The van der Waals surface area contributed by atoms with Crippen LogP contribution in [0.1, 0.15) is 24.2 Å². The van der Waals surface area contributed by atoms with Crippen molar-refractivity contribution in [2.24, 2.45) is 12.8 Å². The monoisotopic (exact) mass is 232 g/mol. The highest BCUT2D eigenvalue weighted by molar-refractivity contribution is 5.30. The van der Waals surface area contributed by atoms with Gasteiger partial charge >= 0.3 is 0 Å². The zero-order chi connectivity index (χ0) is 12.3. The Morgan fingerprint density at radius 2 is 2.18 bits per heavy atom. The van der Waals surface area contributed by atoms with Crippen molar-refractivity contribution in [3.63, 3.8) is 0 Å². The number of rotatable bonds is 4. The molecule has 0 aromatic carbocycles. The zero-order valence-corrected chi connectivity index (χ0v) is 10.00. The van der Waals surface area contributed by atoms with Gasteiger partial charge in [0.05, 0.1) is 37.1 Å². The minimum atomic E-state index is -0.240. The van der Waals surface area contributed by atoms with Gasteiger partial charge in [0, 0.05) is 13.2 Å². The minimum Gasteiger partial charge on any atom is -0.492 e. The molecule has 1 unspecified atom stereocenters. The number of hydrogen-bond donors (Lipinski definition) is 1. The van der Waals surface area contributed by atoms with Crippen molar-refractivity contribution in [1.82, 2.24) is 14.5 Å². The van der Waals surface area contributed by atoms with Crippen LogP contribution >= 0.6 is 0 Å². The number of aryl methyl sites for hydroxylation is 1. The third-order valence-electron chi connectivity index (χ3n) is 2.58. The molecule has 0 aliphatic carbocycles. The summed E-state index contributed by atoms with van der Waals surface area (Å²) in [6.45, 7) is 2.56. The smallest absolute Gasteiger partial charge is 0.137 e. The van der Waals surface area contributed by atoms with E-state index in [2.05, 4.69) is 9.97 Å². The first kappa shape index (κ1) is 11.6. The molecule has 5 nitrogen and oxygen atoms in total. The Balaban J connectivity index is 2.28. The van der Waals surface area contributed by atoms with Crippen molar-refractivity contribution in [3.05, 3.63) is 42.2 Å². The molecule has 0 aliphatic rings. The Hall–Kier alpha value is -1.88. The number of aromatic nitrogens is 3. The van der Waals surface area contributed by atoms with E-state index in [4.69, 9.17) is 10.5 Å². The van der Waals surface area contributed by atoms with Crippen molar-refractivity contribution >= 4 is 0 Å². The molecule has 0 saturated carbocycles. The maximum atomic E-state index is 6.17. The average Bonchev–Trinajstić information content (AvgIpc) is 2.75. The first-order valence-electron chi connectivity index (χ1n) is 5.52. The zero-order valence-electron chi connectivity index (χ0n) is 10.00. The summed E-state index contributed by atoms with van der Waals surface area (Å²) in [7, 11) is 1.92. The van der Waals surface area contributed by atoms with Crippen LogP contribution < -0.4 is 10.5 Å².